The molecule has 3 saturated heterocycles. The lowest BCUT2D eigenvalue weighted by Gasteiger charge is -2.58. The third kappa shape index (κ3) is 4.16. The number of fused-ring (bicyclic) bond motifs is 6. The highest BCUT2D eigenvalue weighted by Crippen LogP contribution is 2.50. The lowest BCUT2D eigenvalue weighted by atomic mass is 9.69. The molecule has 1 aromatic heterocycles. The molecule has 0 radical (unpaired) electrons. The highest BCUT2D eigenvalue weighted by Gasteiger charge is 2.53. The van der Waals surface area contributed by atoms with E-state index in [0.29, 0.717) is 24.5 Å². The summed E-state index contributed by atoms with van der Waals surface area (Å²) in [7, 11) is 0. The molecule has 0 saturated carbocycles. The number of hydrogen-bond donors (Lipinski definition) is 0. The van der Waals surface area contributed by atoms with Crippen molar-refractivity contribution >= 4 is 32.4 Å². The summed E-state index contributed by atoms with van der Waals surface area (Å²) in [6, 6.07) is 31.3. The summed E-state index contributed by atoms with van der Waals surface area (Å²) in [6.07, 6.45) is 8.46. The van der Waals surface area contributed by atoms with Crippen molar-refractivity contribution in [2.24, 2.45) is 11.8 Å². The van der Waals surface area contributed by atoms with Crippen LogP contribution in [-0.4, -0.2) is 35.2 Å². The van der Waals surface area contributed by atoms with Crippen LogP contribution in [0.1, 0.15) is 30.1 Å². The molecule has 3 heteroatoms. The number of aromatic nitrogens is 1. The van der Waals surface area contributed by atoms with Crippen molar-refractivity contribution in [1.82, 2.24) is 4.98 Å². The van der Waals surface area contributed by atoms with Crippen molar-refractivity contribution in [2.75, 3.05) is 19.7 Å². The topological polar surface area (TPSA) is 22.1 Å². The van der Waals surface area contributed by atoms with Gasteiger partial charge in [0.1, 0.15) is 12.6 Å². The van der Waals surface area contributed by atoms with Crippen LogP contribution in [0.3, 0.4) is 0 Å². The molecule has 2 bridgehead atoms. The summed E-state index contributed by atoms with van der Waals surface area (Å²) in [5.74, 6) is 1.02. The molecule has 5 atom stereocenters. The molecule has 4 heterocycles. The molecule has 5 aromatic rings. The molecule has 0 amide bonds. The normalized spacial score (nSPS) is 24.9. The second-order valence-electron chi connectivity index (χ2n) is 11.8. The summed E-state index contributed by atoms with van der Waals surface area (Å²) in [5, 5.41) is 6.59. The van der Waals surface area contributed by atoms with Gasteiger partial charge in [-0.3, -0.25) is 4.98 Å². The first-order chi connectivity index (χ1) is 19.7. The zero-order valence-corrected chi connectivity index (χ0v) is 23.1. The van der Waals surface area contributed by atoms with E-state index in [9.17, 15) is 0 Å². The average molecular weight is 526 g/mol. The Morgan fingerprint density at radius 3 is 2.33 bits per heavy atom. The standard InChI is InChI=1S/C37H37N2O/c1-3-21-40-37(33-17-19-38-36-16-10-9-15-32(33)36)34-24-39(20-18-28(34)23-29(39)4-2)25-35-30-13-7-5-11-26(30)22-27-12-6-8-14-31(27)35/h3-17,19,22,28-29,34,37H,1-2,18,20-21,23-25H2/q+1/t28?,29?,34-,37+,39?/m0/s1. The van der Waals surface area contributed by atoms with Crippen LogP contribution in [0.5, 0.6) is 0 Å². The average Bonchev–Trinajstić information content (AvgIpc) is 3.01. The number of rotatable bonds is 8. The minimum Gasteiger partial charge on any atom is -0.369 e. The molecular weight excluding hydrogens is 488 g/mol. The maximum absolute atomic E-state index is 6.70. The minimum atomic E-state index is 0.00345. The molecule has 0 spiro atoms. The molecule has 40 heavy (non-hydrogen) atoms. The van der Waals surface area contributed by atoms with Gasteiger partial charge in [-0.05, 0) is 57.3 Å². The van der Waals surface area contributed by atoms with Crippen molar-refractivity contribution in [3.63, 3.8) is 0 Å². The van der Waals surface area contributed by atoms with Gasteiger partial charge in [0.15, 0.2) is 0 Å². The Balaban J connectivity index is 1.34. The summed E-state index contributed by atoms with van der Waals surface area (Å²) in [5.41, 5.74) is 3.76. The smallest absolute Gasteiger partial charge is 0.108 e. The highest BCUT2D eigenvalue weighted by atomic mass is 16.5. The van der Waals surface area contributed by atoms with Gasteiger partial charge in [-0.25, -0.2) is 0 Å². The molecule has 0 N–H and O–H groups in total. The predicted octanol–water partition coefficient (Wildman–Crippen LogP) is 8.40. The Kier molecular flexibility index (Phi) is 6.50. The first-order valence-electron chi connectivity index (χ1n) is 14.6. The van der Waals surface area contributed by atoms with Gasteiger partial charge in [0.25, 0.3) is 0 Å². The van der Waals surface area contributed by atoms with Gasteiger partial charge in [-0.15, -0.1) is 6.58 Å². The fraction of sp³-hybridized carbons (Fsp3) is 0.270. The van der Waals surface area contributed by atoms with Crippen molar-refractivity contribution in [3.8, 4) is 0 Å². The lowest BCUT2D eigenvalue weighted by molar-refractivity contribution is -0.976. The first-order valence-corrected chi connectivity index (χ1v) is 14.6. The Hall–Kier alpha value is -3.79. The Morgan fingerprint density at radius 1 is 0.900 bits per heavy atom. The van der Waals surface area contributed by atoms with Crippen LogP contribution in [-0.2, 0) is 11.3 Å². The maximum Gasteiger partial charge on any atom is 0.108 e. The van der Waals surface area contributed by atoms with Crippen LogP contribution in [0.4, 0.5) is 0 Å². The van der Waals surface area contributed by atoms with Crippen LogP contribution in [0.15, 0.2) is 116 Å². The number of pyridine rings is 1. The molecule has 3 unspecified atom stereocenters. The number of benzene rings is 4. The van der Waals surface area contributed by atoms with E-state index in [4.69, 9.17) is 4.74 Å². The second-order valence-corrected chi connectivity index (χ2v) is 11.8. The van der Waals surface area contributed by atoms with E-state index < -0.39 is 0 Å². The first kappa shape index (κ1) is 25.2. The summed E-state index contributed by atoms with van der Waals surface area (Å²) < 4.78 is 7.74. The maximum atomic E-state index is 6.70. The number of nitrogens with zero attached hydrogens (tertiary/aromatic N) is 2. The van der Waals surface area contributed by atoms with Crippen LogP contribution in [0.2, 0.25) is 0 Å². The van der Waals surface area contributed by atoms with Crippen molar-refractivity contribution in [3.05, 3.63) is 128 Å². The Labute approximate surface area is 237 Å². The van der Waals surface area contributed by atoms with Gasteiger partial charge in [0, 0.05) is 35.9 Å². The van der Waals surface area contributed by atoms with Crippen LogP contribution >= 0.6 is 0 Å². The van der Waals surface area contributed by atoms with Gasteiger partial charge in [0.05, 0.1) is 31.3 Å². The van der Waals surface area contributed by atoms with Crippen molar-refractivity contribution < 1.29 is 9.22 Å². The number of piperidine rings is 3. The van der Waals surface area contributed by atoms with Gasteiger partial charge in [0.2, 0.25) is 0 Å². The fourth-order valence-corrected chi connectivity index (χ4v) is 7.92. The molecule has 8 rings (SSSR count). The van der Waals surface area contributed by atoms with Crippen molar-refractivity contribution in [1.29, 1.82) is 0 Å². The van der Waals surface area contributed by atoms with Crippen LogP contribution < -0.4 is 0 Å². The number of hydrogen-bond acceptors (Lipinski definition) is 2. The monoisotopic (exact) mass is 525 g/mol. The largest absolute Gasteiger partial charge is 0.369 e. The van der Waals surface area contributed by atoms with Crippen LogP contribution in [0, 0.1) is 11.8 Å². The van der Waals surface area contributed by atoms with Crippen molar-refractivity contribution in [2.45, 2.75) is 31.5 Å². The molecule has 200 valence electrons. The molecular formula is C37H37N2O+. The van der Waals surface area contributed by atoms with E-state index in [1.54, 1.807) is 0 Å². The van der Waals surface area contributed by atoms with Crippen LogP contribution in [0.25, 0.3) is 32.4 Å². The highest BCUT2D eigenvalue weighted by molar-refractivity contribution is 6.02. The fourth-order valence-electron chi connectivity index (χ4n) is 7.92. The third-order valence-electron chi connectivity index (χ3n) is 9.77. The van der Waals surface area contributed by atoms with Gasteiger partial charge >= 0.3 is 0 Å². The van der Waals surface area contributed by atoms with E-state index in [1.165, 1.54) is 51.0 Å². The van der Waals surface area contributed by atoms with E-state index in [2.05, 4.69) is 109 Å². The molecule has 3 fully saturated rings. The number of ether oxygens (including phenoxy) is 1. The van der Waals surface area contributed by atoms with E-state index in [1.807, 2.05) is 12.3 Å². The quantitative estimate of drug-likeness (QED) is 0.115. The number of para-hydroxylation sites is 1. The molecule has 4 aromatic carbocycles. The molecule has 3 nitrogen and oxygen atoms in total. The van der Waals surface area contributed by atoms with Gasteiger partial charge in [-0.2, -0.15) is 0 Å². The predicted molar refractivity (Wildman–Crippen MR) is 166 cm³/mol. The molecule has 3 aliphatic heterocycles. The minimum absolute atomic E-state index is 0.00345. The van der Waals surface area contributed by atoms with E-state index >= 15 is 0 Å². The number of quaternary nitrogens is 1. The Bertz CT molecular complexity index is 1670. The SMILES string of the molecule is C=CCO[C@H](c1ccnc2ccccc12)[C@H]1C[N+]2(Cc3c4ccccc4cc4ccccc34)CCC1CC2C=C. The summed E-state index contributed by atoms with van der Waals surface area (Å²) >= 11 is 0. The van der Waals surface area contributed by atoms with E-state index in [0.717, 1.165) is 29.5 Å². The second kappa shape index (κ2) is 10.3. The Morgan fingerprint density at radius 2 is 1.60 bits per heavy atom. The zero-order valence-electron chi connectivity index (χ0n) is 23.1. The molecule has 3 aliphatic rings. The van der Waals surface area contributed by atoms with Gasteiger partial charge < -0.3 is 9.22 Å². The third-order valence-corrected chi connectivity index (χ3v) is 9.77. The summed E-state index contributed by atoms with van der Waals surface area (Å²) in [4.78, 5) is 4.66. The lowest BCUT2D eigenvalue weighted by Crippen LogP contribution is -2.66. The summed E-state index contributed by atoms with van der Waals surface area (Å²) in [6.45, 7) is 12.2. The molecule has 0 aliphatic carbocycles. The zero-order chi connectivity index (χ0) is 27.1. The van der Waals surface area contributed by atoms with E-state index in [-0.39, 0.29) is 6.10 Å². The van der Waals surface area contributed by atoms with Gasteiger partial charge in [-0.1, -0.05) is 79.4 Å².